The van der Waals surface area contributed by atoms with Crippen molar-refractivity contribution in [3.05, 3.63) is 124 Å². The van der Waals surface area contributed by atoms with Gasteiger partial charge in [0.2, 0.25) is 5.91 Å². The van der Waals surface area contributed by atoms with E-state index in [0.29, 0.717) is 88.5 Å². The summed E-state index contributed by atoms with van der Waals surface area (Å²) in [6.07, 6.45) is 6.34. The lowest BCUT2D eigenvalue weighted by Gasteiger charge is -2.29. The minimum absolute atomic E-state index is 0.0146. The first kappa shape index (κ1) is 54.8. The number of anilines is 2. The molecule has 1 N–H and O–H groups in total. The Morgan fingerprint density at radius 1 is 0.637 bits per heavy atom. The van der Waals surface area contributed by atoms with E-state index in [1.165, 1.54) is 14.2 Å². The average molecular weight is 1090 g/mol. The second kappa shape index (κ2) is 23.0. The number of hydrogen-bond acceptors (Lipinski definition) is 15. The van der Waals surface area contributed by atoms with Crippen molar-refractivity contribution in [3.8, 4) is 28.7 Å². The lowest BCUT2D eigenvalue weighted by molar-refractivity contribution is -0.205. The number of para-hydroxylation sites is 2. The highest BCUT2D eigenvalue weighted by Gasteiger charge is 2.40. The van der Waals surface area contributed by atoms with E-state index in [9.17, 15) is 28.8 Å². The van der Waals surface area contributed by atoms with Crippen LogP contribution in [0, 0.1) is 5.41 Å². The molecule has 0 unspecified atom stereocenters. The molecule has 0 aromatic heterocycles. The number of amides is 5. The van der Waals surface area contributed by atoms with E-state index in [1.54, 1.807) is 60.3 Å². The number of rotatable bonds is 22. The maximum Gasteiger partial charge on any atom is 0.338 e. The van der Waals surface area contributed by atoms with E-state index in [-0.39, 0.29) is 81.9 Å². The second-order valence-corrected chi connectivity index (χ2v) is 21.6. The van der Waals surface area contributed by atoms with Gasteiger partial charge in [-0.05, 0) is 112 Å². The van der Waals surface area contributed by atoms with Gasteiger partial charge in [-0.1, -0.05) is 36.4 Å². The summed E-state index contributed by atoms with van der Waals surface area (Å²) in [7, 11) is 3.04. The number of nitrogens with one attached hydrogen (secondary N) is 1. The molecule has 0 aliphatic carbocycles. The fourth-order valence-electron chi connectivity index (χ4n) is 10.3. The fraction of sp³-hybridized carbons (Fsp3) is 0.377. The van der Waals surface area contributed by atoms with Gasteiger partial charge in [0.05, 0.1) is 66.4 Å². The molecule has 0 bridgehead atoms. The number of benzene rings is 5. The van der Waals surface area contributed by atoms with Crippen molar-refractivity contribution in [1.82, 2.24) is 10.4 Å². The molecule has 5 heterocycles. The van der Waals surface area contributed by atoms with Crippen molar-refractivity contribution < 1.29 is 62.0 Å². The molecule has 5 amide bonds. The lowest BCUT2D eigenvalue weighted by atomic mass is 9.90. The summed E-state index contributed by atoms with van der Waals surface area (Å²) in [5.74, 6) is -0.283. The van der Waals surface area contributed by atoms with Crippen LogP contribution in [0.2, 0.25) is 0 Å². The number of nitrogens with zero attached hydrogens (tertiary/aromatic N) is 5. The summed E-state index contributed by atoms with van der Waals surface area (Å²) in [5.41, 5.74) is 5.40. The number of aliphatic imine (C=N–C) groups is 2. The maximum atomic E-state index is 14.1. The summed E-state index contributed by atoms with van der Waals surface area (Å²) >= 11 is 0. The summed E-state index contributed by atoms with van der Waals surface area (Å²) in [5, 5.41) is 3.51. The predicted octanol–water partition coefficient (Wildman–Crippen LogP) is 8.92. The number of hydroxylamine groups is 2. The van der Waals surface area contributed by atoms with Gasteiger partial charge in [0.15, 0.2) is 23.0 Å². The molecule has 10 rings (SSSR count). The highest BCUT2D eigenvalue weighted by Crippen LogP contribution is 2.43. The summed E-state index contributed by atoms with van der Waals surface area (Å²) in [6, 6.07) is 27.7. The molecule has 19 nitrogen and oxygen atoms in total. The van der Waals surface area contributed by atoms with E-state index in [1.807, 2.05) is 80.6 Å². The summed E-state index contributed by atoms with van der Waals surface area (Å²) < 4.78 is 36.9. The number of imide groups is 1. The molecule has 2 atom stereocenters. The Morgan fingerprint density at radius 3 is 1.69 bits per heavy atom. The third-order valence-corrected chi connectivity index (χ3v) is 14.9. The van der Waals surface area contributed by atoms with Gasteiger partial charge < -0.3 is 38.6 Å². The predicted molar refractivity (Wildman–Crippen MR) is 297 cm³/mol. The molecule has 1 saturated heterocycles. The van der Waals surface area contributed by atoms with Gasteiger partial charge in [0.25, 0.3) is 23.6 Å². The topological polar surface area (TPSA) is 214 Å². The van der Waals surface area contributed by atoms with Crippen molar-refractivity contribution in [2.75, 3.05) is 43.8 Å². The van der Waals surface area contributed by atoms with E-state index < -0.39 is 28.8 Å². The van der Waals surface area contributed by atoms with Gasteiger partial charge >= 0.3 is 5.97 Å². The molecule has 5 aliphatic heterocycles. The molecular weight excluding hydrogens is 1020 g/mol. The number of methoxy groups -OCH3 is 2. The zero-order valence-corrected chi connectivity index (χ0v) is 45.7. The molecule has 416 valence electrons. The Morgan fingerprint density at radius 2 is 1.16 bits per heavy atom. The zero-order valence-electron chi connectivity index (χ0n) is 45.7. The van der Waals surface area contributed by atoms with E-state index in [0.717, 1.165) is 33.6 Å². The van der Waals surface area contributed by atoms with Crippen LogP contribution in [0.15, 0.2) is 101 Å². The molecule has 0 spiro atoms. The van der Waals surface area contributed by atoms with Crippen LogP contribution < -0.4 is 38.8 Å². The average Bonchev–Trinajstić information content (AvgIpc) is 4.14. The quantitative estimate of drug-likeness (QED) is 0.0507. The van der Waals surface area contributed by atoms with Crippen LogP contribution in [0.25, 0.3) is 0 Å². The van der Waals surface area contributed by atoms with E-state index in [4.69, 9.17) is 43.2 Å². The Kier molecular flexibility index (Phi) is 15.8. The Labute approximate surface area is 463 Å². The number of fused-ring (bicyclic) bond motifs is 8. The van der Waals surface area contributed by atoms with Crippen LogP contribution in [0.5, 0.6) is 28.7 Å². The largest absolute Gasteiger partial charge is 0.494 e. The first-order chi connectivity index (χ1) is 38.5. The monoisotopic (exact) mass is 1090 g/mol. The summed E-state index contributed by atoms with van der Waals surface area (Å²) in [6.45, 7) is 8.00. The highest BCUT2D eigenvalue weighted by molar-refractivity contribution is 6.16. The maximum absolute atomic E-state index is 14.1. The molecule has 5 aliphatic rings. The van der Waals surface area contributed by atoms with E-state index >= 15 is 0 Å². The number of carbonyl (C=O) groups excluding carboxylic acids is 6. The Bertz CT molecular complexity index is 3160. The first-order valence-corrected chi connectivity index (χ1v) is 26.8. The van der Waals surface area contributed by atoms with Crippen LogP contribution >= 0.6 is 0 Å². The lowest BCUT2D eigenvalue weighted by Crippen LogP contribution is -2.39. The Hall–Kier alpha value is -8.58. The van der Waals surface area contributed by atoms with Gasteiger partial charge in [-0.25, -0.2) is 4.79 Å². The Balaban J connectivity index is 0.787. The third-order valence-electron chi connectivity index (χ3n) is 14.9. The second-order valence-electron chi connectivity index (χ2n) is 21.6. The van der Waals surface area contributed by atoms with Crippen LogP contribution in [0.4, 0.5) is 22.7 Å². The molecule has 0 radical (unpaired) electrons. The summed E-state index contributed by atoms with van der Waals surface area (Å²) in [4.78, 5) is 96.1. The molecular formula is C61H64N6O13. The first-order valence-electron chi connectivity index (χ1n) is 26.8. The van der Waals surface area contributed by atoms with Gasteiger partial charge in [-0.3, -0.25) is 43.8 Å². The molecule has 1 fully saturated rings. The highest BCUT2D eigenvalue weighted by atomic mass is 16.7. The van der Waals surface area contributed by atoms with Crippen LogP contribution in [-0.4, -0.2) is 105 Å². The zero-order chi connectivity index (χ0) is 56.3. The van der Waals surface area contributed by atoms with Gasteiger partial charge in [-0.2, -0.15) is 0 Å². The number of hydrogen-bond donors (Lipinski definition) is 1. The van der Waals surface area contributed by atoms with Crippen molar-refractivity contribution in [2.24, 2.45) is 15.4 Å². The molecule has 19 heteroatoms. The minimum atomic E-state index is -1.02. The standard InChI is InChI=1S/C61H64N6O13/c1-60(2,59(73)80-67-55(69)17-18-56(67)70)20-23-79-61(3,4)19-21-62-54(68)16-11-22-76-43-25-37(35-77-52-31-46-44(29-50(52)74-5)57(71)65-41(33-63-46)27-39-12-7-9-14-48(39)65)24-38(26-43)36-78-53-32-47-45(30-51(53)75-6)58(72)66-42(34-64-47)28-40-13-8-10-15-49(40)66/h7-10,12-15,24-26,29-34,41-42H,11,16-23,27-28,35-36H2,1-6H3,(H,62,68)/t41-,42-/m0/s1. The van der Waals surface area contributed by atoms with Gasteiger partial charge in [-0.15, -0.1) is 5.06 Å². The third kappa shape index (κ3) is 11.7. The van der Waals surface area contributed by atoms with Crippen molar-refractivity contribution in [3.63, 3.8) is 0 Å². The van der Waals surface area contributed by atoms with Crippen molar-refractivity contribution in [1.29, 1.82) is 0 Å². The number of carbonyl (C=O) groups is 6. The van der Waals surface area contributed by atoms with E-state index in [2.05, 4.69) is 5.32 Å². The molecule has 80 heavy (non-hydrogen) atoms. The van der Waals surface area contributed by atoms with Crippen molar-refractivity contribution >= 4 is 70.7 Å². The number of ether oxygens (including phenoxy) is 6. The minimum Gasteiger partial charge on any atom is -0.494 e. The van der Waals surface area contributed by atoms with Crippen LogP contribution in [0.1, 0.15) is 109 Å². The van der Waals surface area contributed by atoms with Gasteiger partial charge in [0, 0.05) is 81.2 Å². The smallest absolute Gasteiger partial charge is 0.338 e. The molecule has 5 aromatic rings. The van der Waals surface area contributed by atoms with Gasteiger partial charge in [0.1, 0.15) is 19.0 Å². The SMILES string of the molecule is COc1cc2c(cc1OCc1cc(COc3cc4c(cc3OC)C(=O)N3c5ccccc5C[C@H]3C=N4)cc(OCCCC(=O)NCCC(C)(C)OCCC(C)(C)C(=O)ON3C(=O)CCC3=O)c1)N=C[C@@H]1Cc3ccccc3N1C2=O. The van der Waals surface area contributed by atoms with Crippen LogP contribution in [0.3, 0.4) is 0 Å². The van der Waals surface area contributed by atoms with Crippen LogP contribution in [-0.2, 0) is 54.8 Å². The van der Waals surface area contributed by atoms with Crippen molar-refractivity contribution in [2.45, 2.75) is 110 Å². The normalized spacial score (nSPS) is 16.9. The molecule has 5 aromatic carbocycles. The fourth-order valence-corrected chi connectivity index (χ4v) is 10.3. The molecule has 0 saturated carbocycles.